The number of rotatable bonds is 3. The van der Waals surface area contributed by atoms with E-state index in [1.165, 1.54) is 5.56 Å². The molecule has 1 aromatic carbocycles. The number of carbonyl (C=O) groups is 1. The Bertz CT molecular complexity index is 701. The number of hydrogen-bond donors (Lipinski definition) is 0. The molecule has 2 aliphatic heterocycles. The summed E-state index contributed by atoms with van der Waals surface area (Å²) >= 11 is 0. The van der Waals surface area contributed by atoms with E-state index in [1.54, 1.807) is 0 Å². The fourth-order valence-corrected chi connectivity index (χ4v) is 3.69. The Labute approximate surface area is 136 Å². The van der Waals surface area contributed by atoms with Crippen LogP contribution in [0.25, 0.3) is 0 Å². The van der Waals surface area contributed by atoms with E-state index in [1.807, 2.05) is 35.4 Å². The number of amides is 1. The molecule has 118 valence electrons. The van der Waals surface area contributed by atoms with Crippen LogP contribution in [0, 0.1) is 5.92 Å². The van der Waals surface area contributed by atoms with Crippen molar-refractivity contribution in [3.8, 4) is 0 Å². The molecule has 1 amide bonds. The van der Waals surface area contributed by atoms with E-state index < -0.39 is 0 Å². The topological polar surface area (TPSA) is 36.4 Å². The highest BCUT2D eigenvalue weighted by atomic mass is 16.2. The summed E-state index contributed by atoms with van der Waals surface area (Å²) in [6.45, 7) is 3.48. The van der Waals surface area contributed by atoms with Crippen molar-refractivity contribution in [1.82, 2.24) is 9.88 Å². The lowest BCUT2D eigenvalue weighted by Crippen LogP contribution is -2.36. The van der Waals surface area contributed by atoms with E-state index in [-0.39, 0.29) is 5.92 Å². The second-order valence-corrected chi connectivity index (χ2v) is 6.41. The van der Waals surface area contributed by atoms with Gasteiger partial charge in [0.15, 0.2) is 0 Å². The normalized spacial score (nSPS) is 20.7. The van der Waals surface area contributed by atoms with Crippen molar-refractivity contribution in [3.63, 3.8) is 0 Å². The standard InChI is InChI=1S/C19H21N3O/c23-19(22-12-9-15-5-1-2-7-18(15)22)16-8-11-21(13-16)14-17-6-3-4-10-20-17/h1-7,10,16H,8-9,11-14H2. The van der Waals surface area contributed by atoms with Crippen molar-refractivity contribution in [1.29, 1.82) is 0 Å². The molecule has 1 saturated heterocycles. The minimum absolute atomic E-state index is 0.116. The predicted octanol–water partition coefficient (Wildman–Crippen LogP) is 2.49. The number of likely N-dealkylation sites (tertiary alicyclic amines) is 1. The smallest absolute Gasteiger partial charge is 0.231 e. The van der Waals surface area contributed by atoms with Crippen LogP contribution in [0.2, 0.25) is 0 Å². The van der Waals surface area contributed by atoms with Crippen LogP contribution < -0.4 is 4.90 Å². The summed E-state index contributed by atoms with van der Waals surface area (Å²) in [5, 5.41) is 0. The molecule has 1 atom stereocenters. The number of anilines is 1. The van der Waals surface area contributed by atoms with E-state index in [2.05, 4.69) is 28.1 Å². The third-order valence-corrected chi connectivity index (χ3v) is 4.89. The lowest BCUT2D eigenvalue weighted by atomic mass is 10.1. The molecular weight excluding hydrogens is 286 g/mol. The van der Waals surface area contributed by atoms with Crippen molar-refractivity contribution in [2.45, 2.75) is 19.4 Å². The van der Waals surface area contributed by atoms with Gasteiger partial charge in [0, 0.05) is 31.5 Å². The van der Waals surface area contributed by atoms with Crippen LogP contribution in [0.1, 0.15) is 17.7 Å². The summed E-state index contributed by atoms with van der Waals surface area (Å²) in [7, 11) is 0. The number of carbonyl (C=O) groups excluding carboxylic acids is 1. The molecule has 4 rings (SSSR count). The first-order chi connectivity index (χ1) is 11.3. The van der Waals surface area contributed by atoms with Gasteiger partial charge < -0.3 is 4.90 Å². The van der Waals surface area contributed by atoms with E-state index >= 15 is 0 Å². The second-order valence-electron chi connectivity index (χ2n) is 6.41. The van der Waals surface area contributed by atoms with Gasteiger partial charge in [0.05, 0.1) is 11.6 Å². The summed E-state index contributed by atoms with van der Waals surface area (Å²) in [6.07, 6.45) is 3.76. The largest absolute Gasteiger partial charge is 0.312 e. The Morgan fingerprint density at radius 3 is 2.87 bits per heavy atom. The van der Waals surface area contributed by atoms with Crippen LogP contribution >= 0.6 is 0 Å². The van der Waals surface area contributed by atoms with Crippen LogP contribution in [0.15, 0.2) is 48.7 Å². The molecule has 2 aromatic rings. The third kappa shape index (κ3) is 2.86. The molecule has 1 fully saturated rings. The average molecular weight is 307 g/mol. The maximum Gasteiger partial charge on any atom is 0.231 e. The number of nitrogens with zero attached hydrogens (tertiary/aromatic N) is 3. The van der Waals surface area contributed by atoms with Gasteiger partial charge in [0.1, 0.15) is 0 Å². The van der Waals surface area contributed by atoms with Gasteiger partial charge in [0.2, 0.25) is 5.91 Å². The zero-order valence-electron chi connectivity index (χ0n) is 13.2. The van der Waals surface area contributed by atoms with Gasteiger partial charge in [-0.05, 0) is 43.1 Å². The van der Waals surface area contributed by atoms with Gasteiger partial charge in [-0.1, -0.05) is 24.3 Å². The first-order valence-electron chi connectivity index (χ1n) is 8.33. The Kier molecular flexibility index (Phi) is 3.83. The van der Waals surface area contributed by atoms with Crippen LogP contribution in [0.4, 0.5) is 5.69 Å². The summed E-state index contributed by atoms with van der Waals surface area (Å²) in [4.78, 5) is 21.6. The molecule has 0 aliphatic carbocycles. The van der Waals surface area contributed by atoms with Crippen molar-refractivity contribution in [3.05, 3.63) is 59.9 Å². The third-order valence-electron chi connectivity index (χ3n) is 4.89. The Balaban J connectivity index is 1.41. The zero-order chi connectivity index (χ0) is 15.6. The van der Waals surface area contributed by atoms with Crippen LogP contribution in [-0.2, 0) is 17.8 Å². The summed E-state index contributed by atoms with van der Waals surface area (Å²) < 4.78 is 0. The molecule has 4 nitrogen and oxygen atoms in total. The summed E-state index contributed by atoms with van der Waals surface area (Å²) in [6, 6.07) is 14.3. The second kappa shape index (κ2) is 6.13. The fourth-order valence-electron chi connectivity index (χ4n) is 3.69. The van der Waals surface area contributed by atoms with Crippen molar-refractivity contribution >= 4 is 11.6 Å². The van der Waals surface area contributed by atoms with E-state index in [4.69, 9.17) is 0 Å². The molecule has 4 heteroatoms. The lowest BCUT2D eigenvalue weighted by Gasteiger charge is -2.21. The Hall–Kier alpha value is -2.20. The highest BCUT2D eigenvalue weighted by Gasteiger charge is 2.34. The Morgan fingerprint density at radius 2 is 2.00 bits per heavy atom. The lowest BCUT2D eigenvalue weighted by molar-refractivity contribution is -0.121. The van der Waals surface area contributed by atoms with Crippen LogP contribution in [0.5, 0.6) is 0 Å². The van der Waals surface area contributed by atoms with Gasteiger partial charge >= 0.3 is 0 Å². The number of benzene rings is 1. The molecule has 1 unspecified atom stereocenters. The number of fused-ring (bicyclic) bond motifs is 1. The first-order valence-corrected chi connectivity index (χ1v) is 8.33. The van der Waals surface area contributed by atoms with Crippen LogP contribution in [0.3, 0.4) is 0 Å². The van der Waals surface area contributed by atoms with Crippen LogP contribution in [-0.4, -0.2) is 35.4 Å². The fraction of sp³-hybridized carbons (Fsp3) is 0.368. The number of para-hydroxylation sites is 1. The molecular formula is C19H21N3O. The minimum atomic E-state index is 0.116. The summed E-state index contributed by atoms with van der Waals surface area (Å²) in [5.41, 5.74) is 3.48. The van der Waals surface area contributed by atoms with Gasteiger partial charge in [-0.25, -0.2) is 0 Å². The highest BCUT2D eigenvalue weighted by Crippen LogP contribution is 2.30. The molecule has 1 aromatic heterocycles. The number of aromatic nitrogens is 1. The van der Waals surface area contributed by atoms with Crippen molar-refractivity contribution in [2.24, 2.45) is 5.92 Å². The van der Waals surface area contributed by atoms with Gasteiger partial charge in [0.25, 0.3) is 0 Å². The molecule has 23 heavy (non-hydrogen) atoms. The number of hydrogen-bond acceptors (Lipinski definition) is 3. The summed E-state index contributed by atoms with van der Waals surface area (Å²) in [5.74, 6) is 0.406. The van der Waals surface area contributed by atoms with E-state index in [0.717, 1.165) is 50.4 Å². The molecule has 0 bridgehead atoms. The monoisotopic (exact) mass is 307 g/mol. The Morgan fingerprint density at radius 1 is 1.13 bits per heavy atom. The average Bonchev–Trinajstić information content (AvgIpc) is 3.22. The quantitative estimate of drug-likeness (QED) is 0.874. The predicted molar refractivity (Wildman–Crippen MR) is 90.1 cm³/mol. The molecule has 0 radical (unpaired) electrons. The highest BCUT2D eigenvalue weighted by molar-refractivity contribution is 5.97. The van der Waals surface area contributed by atoms with E-state index in [9.17, 15) is 4.79 Å². The first kappa shape index (κ1) is 14.4. The molecule has 0 saturated carbocycles. The molecule has 0 spiro atoms. The maximum absolute atomic E-state index is 12.9. The SMILES string of the molecule is O=C(C1CCN(Cc2ccccn2)C1)N1CCc2ccccc21. The van der Waals surface area contributed by atoms with Gasteiger partial charge in [-0.3, -0.25) is 14.7 Å². The van der Waals surface area contributed by atoms with Gasteiger partial charge in [-0.2, -0.15) is 0 Å². The van der Waals surface area contributed by atoms with Crippen molar-refractivity contribution in [2.75, 3.05) is 24.5 Å². The molecule has 2 aliphatic rings. The minimum Gasteiger partial charge on any atom is -0.312 e. The zero-order valence-corrected chi connectivity index (χ0v) is 13.2. The van der Waals surface area contributed by atoms with E-state index in [0.29, 0.717) is 5.91 Å². The van der Waals surface area contributed by atoms with Crippen molar-refractivity contribution < 1.29 is 4.79 Å². The maximum atomic E-state index is 12.9. The number of pyridine rings is 1. The van der Waals surface area contributed by atoms with Gasteiger partial charge in [-0.15, -0.1) is 0 Å². The molecule has 3 heterocycles. The molecule has 0 N–H and O–H groups in total.